The van der Waals surface area contributed by atoms with Crippen molar-refractivity contribution in [3.05, 3.63) is 30.3 Å². The summed E-state index contributed by atoms with van der Waals surface area (Å²) in [6.07, 6.45) is 0. The van der Waals surface area contributed by atoms with Crippen LogP contribution < -0.4 is 4.74 Å². The Balaban J connectivity index is 2.72. The summed E-state index contributed by atoms with van der Waals surface area (Å²) in [4.78, 5) is 11.1. The summed E-state index contributed by atoms with van der Waals surface area (Å²) >= 11 is 5.28. The van der Waals surface area contributed by atoms with Crippen molar-refractivity contribution in [3.63, 3.8) is 0 Å². The highest BCUT2D eigenvalue weighted by molar-refractivity contribution is 7.97. The first-order valence-corrected chi connectivity index (χ1v) is 6.22. The Morgan fingerprint density at radius 2 is 1.93 bits per heavy atom. The Morgan fingerprint density at radius 1 is 1.36 bits per heavy atom. The zero-order valence-electron chi connectivity index (χ0n) is 7.34. The molecule has 14 heavy (non-hydrogen) atoms. The van der Waals surface area contributed by atoms with E-state index in [-0.39, 0.29) is 5.75 Å². The number of halogens is 1. The van der Waals surface area contributed by atoms with Gasteiger partial charge in [0, 0.05) is 7.11 Å². The highest BCUT2D eigenvalue weighted by Gasteiger charge is 2.31. The van der Waals surface area contributed by atoms with Crippen molar-refractivity contribution >= 4 is 23.7 Å². The molecule has 1 rings (SSSR count). The number of rotatable bonds is 3. The summed E-state index contributed by atoms with van der Waals surface area (Å²) in [5.74, 6) is 0.274. The second-order valence-electron chi connectivity index (χ2n) is 2.34. The summed E-state index contributed by atoms with van der Waals surface area (Å²) in [6, 6.07) is 8.20. The van der Waals surface area contributed by atoms with Gasteiger partial charge in [-0.15, -0.1) is 0 Å². The van der Waals surface area contributed by atoms with Crippen LogP contribution >= 0.6 is 18.0 Å². The van der Waals surface area contributed by atoms with Crippen LogP contribution in [0.3, 0.4) is 0 Å². The highest BCUT2D eigenvalue weighted by Crippen LogP contribution is 2.53. The fourth-order valence-corrected chi connectivity index (χ4v) is 1.19. The third kappa shape index (κ3) is 2.84. The average Bonchev–Trinajstić information content (AvgIpc) is 2.19. The first-order valence-electron chi connectivity index (χ1n) is 3.69. The average molecular weight is 235 g/mol. The molecule has 0 heterocycles. The Morgan fingerprint density at radius 3 is 2.43 bits per heavy atom. The fraction of sp³-hybridized carbons (Fsp3) is 0.125. The minimum absolute atomic E-state index is 0.274. The number of benzene rings is 1. The quantitative estimate of drug-likeness (QED) is 0.753. The van der Waals surface area contributed by atoms with Crippen molar-refractivity contribution in [3.8, 4) is 5.75 Å². The van der Waals surface area contributed by atoms with Gasteiger partial charge in [0.05, 0.1) is 0 Å². The first kappa shape index (κ1) is 11.2. The van der Waals surface area contributed by atoms with Gasteiger partial charge in [-0.1, -0.05) is 18.2 Å². The Kier molecular flexibility index (Phi) is 3.69. The van der Waals surface area contributed by atoms with E-state index in [4.69, 9.17) is 16.0 Å². The lowest BCUT2D eigenvalue weighted by molar-refractivity contribution is 0.219. The number of hydrogen-bond donors (Lipinski definition) is 0. The van der Waals surface area contributed by atoms with Crippen LogP contribution in [0.2, 0.25) is 0 Å². The van der Waals surface area contributed by atoms with Crippen molar-refractivity contribution in [2.45, 2.75) is 0 Å². The maximum Gasteiger partial charge on any atom is 0.413 e. The molecule has 4 nitrogen and oxygen atoms in total. The van der Waals surface area contributed by atoms with Crippen LogP contribution in [0.4, 0.5) is 4.79 Å². The molecule has 1 unspecified atom stereocenters. The summed E-state index contributed by atoms with van der Waals surface area (Å²) in [5.41, 5.74) is -1.08. The lowest BCUT2D eigenvalue weighted by Gasteiger charge is -2.06. The molecule has 0 saturated carbocycles. The van der Waals surface area contributed by atoms with E-state index in [2.05, 4.69) is 4.52 Å². The van der Waals surface area contributed by atoms with Crippen LogP contribution in [0, 0.1) is 0 Å². The maximum absolute atomic E-state index is 11.2. The molecule has 0 aliphatic carbocycles. The van der Waals surface area contributed by atoms with Gasteiger partial charge in [0.2, 0.25) is 0 Å². The lowest BCUT2D eigenvalue weighted by Crippen LogP contribution is -2.04. The van der Waals surface area contributed by atoms with Gasteiger partial charge < -0.3 is 9.26 Å². The minimum Gasteiger partial charge on any atom is -0.418 e. The van der Waals surface area contributed by atoms with Crippen LogP contribution in [-0.2, 0) is 9.09 Å². The van der Waals surface area contributed by atoms with E-state index in [0.29, 0.717) is 0 Å². The second kappa shape index (κ2) is 4.60. The molecule has 1 aromatic carbocycles. The van der Waals surface area contributed by atoms with Gasteiger partial charge in [-0.3, -0.25) is 4.57 Å². The summed E-state index contributed by atoms with van der Waals surface area (Å²) in [6.45, 7) is -3.82. The van der Waals surface area contributed by atoms with E-state index in [9.17, 15) is 9.36 Å². The molecule has 0 spiro atoms. The lowest BCUT2D eigenvalue weighted by atomic mass is 10.3. The van der Waals surface area contributed by atoms with E-state index in [1.54, 1.807) is 30.3 Å². The molecule has 0 bridgehead atoms. The number of carbonyl (C=O) groups excluding carboxylic acids is 1. The van der Waals surface area contributed by atoms with Gasteiger partial charge in [-0.05, 0) is 23.4 Å². The highest BCUT2D eigenvalue weighted by atomic mass is 35.7. The van der Waals surface area contributed by atoms with Gasteiger partial charge in [0.25, 0.3) is 0 Å². The molecule has 6 heteroatoms. The van der Waals surface area contributed by atoms with Gasteiger partial charge in [-0.25, -0.2) is 4.79 Å². The predicted octanol–water partition coefficient (Wildman–Crippen LogP) is 3.26. The largest absolute Gasteiger partial charge is 0.418 e. The zero-order chi connectivity index (χ0) is 10.6. The van der Waals surface area contributed by atoms with Gasteiger partial charge in [0.15, 0.2) is 0 Å². The summed E-state index contributed by atoms with van der Waals surface area (Å²) < 4.78 is 20.2. The molecule has 0 saturated heterocycles. The molecule has 1 atom stereocenters. The second-order valence-corrected chi connectivity index (χ2v) is 5.37. The maximum atomic E-state index is 11.2. The predicted molar refractivity (Wildman–Crippen MR) is 52.9 cm³/mol. The number of ether oxygens (including phenoxy) is 1. The van der Waals surface area contributed by atoms with Gasteiger partial charge in [0.1, 0.15) is 5.75 Å². The van der Waals surface area contributed by atoms with Crippen LogP contribution in [-0.4, -0.2) is 12.8 Å². The van der Waals surface area contributed by atoms with Crippen molar-refractivity contribution < 1.29 is 18.6 Å². The van der Waals surface area contributed by atoms with Crippen LogP contribution in [0.1, 0.15) is 0 Å². The molecule has 0 aliphatic heterocycles. The topological polar surface area (TPSA) is 52.6 Å². The van der Waals surface area contributed by atoms with E-state index in [0.717, 1.165) is 7.11 Å². The van der Waals surface area contributed by atoms with Crippen LogP contribution in [0.5, 0.6) is 5.75 Å². The molecule has 0 amide bonds. The third-order valence-electron chi connectivity index (χ3n) is 1.40. The van der Waals surface area contributed by atoms with E-state index < -0.39 is 12.4 Å². The van der Waals surface area contributed by atoms with E-state index >= 15 is 0 Å². The third-order valence-corrected chi connectivity index (χ3v) is 3.23. The molecule has 76 valence electrons. The van der Waals surface area contributed by atoms with Crippen molar-refractivity contribution in [2.75, 3.05) is 7.11 Å². The monoisotopic (exact) mass is 234 g/mol. The Hall–Kier alpha value is -0.830. The molecular formula is C8H8ClO4P. The standard InChI is InChI=1S/C8H8ClO4P/c1-12-14(9,11)8(10)13-7-5-3-2-4-6-7/h2-6H,1H3. The fourth-order valence-electron chi connectivity index (χ4n) is 0.718. The van der Waals surface area contributed by atoms with Crippen molar-refractivity contribution in [1.82, 2.24) is 0 Å². The first-order chi connectivity index (χ1) is 6.56. The molecular weight excluding hydrogens is 227 g/mol. The molecule has 0 N–H and O–H groups in total. The van der Waals surface area contributed by atoms with Crippen LogP contribution in [0.15, 0.2) is 30.3 Å². The van der Waals surface area contributed by atoms with Gasteiger partial charge >= 0.3 is 12.4 Å². The van der Waals surface area contributed by atoms with E-state index in [1.807, 2.05) is 0 Å². The summed E-state index contributed by atoms with van der Waals surface area (Å²) in [7, 11) is 1.08. The molecule has 0 aliphatic rings. The number of para-hydroxylation sites is 1. The SMILES string of the molecule is COP(=O)(Cl)C(=O)Oc1ccccc1. The van der Waals surface area contributed by atoms with Crippen molar-refractivity contribution in [1.29, 1.82) is 0 Å². The molecule has 0 radical (unpaired) electrons. The normalized spacial score (nSPS) is 14.4. The Bertz CT molecular complexity index is 365. The number of hydrogen-bond acceptors (Lipinski definition) is 4. The van der Waals surface area contributed by atoms with Crippen molar-refractivity contribution in [2.24, 2.45) is 0 Å². The molecule has 0 aromatic heterocycles. The van der Waals surface area contributed by atoms with Gasteiger partial charge in [-0.2, -0.15) is 0 Å². The summed E-state index contributed by atoms with van der Waals surface area (Å²) in [5, 5.41) is 0. The Labute approximate surface area is 86.0 Å². The smallest absolute Gasteiger partial charge is 0.413 e. The zero-order valence-corrected chi connectivity index (χ0v) is 9.00. The minimum atomic E-state index is -3.82. The molecule has 0 fully saturated rings. The number of carbonyl (C=O) groups is 1. The van der Waals surface area contributed by atoms with E-state index in [1.165, 1.54) is 0 Å². The van der Waals surface area contributed by atoms with Crippen LogP contribution in [0.25, 0.3) is 0 Å². The molecule has 1 aromatic rings.